The lowest BCUT2D eigenvalue weighted by Crippen LogP contribution is -2.27. The van der Waals surface area contributed by atoms with E-state index in [0.29, 0.717) is 20.3 Å². The van der Waals surface area contributed by atoms with E-state index < -0.39 is 0 Å². The molecule has 1 aliphatic carbocycles. The number of carbonyl (C=O) groups is 1. The van der Waals surface area contributed by atoms with Crippen LogP contribution in [0.3, 0.4) is 0 Å². The molecule has 1 fully saturated rings. The van der Waals surface area contributed by atoms with Crippen LogP contribution in [0.15, 0.2) is 0 Å². The maximum Gasteiger partial charge on any atom is 0.238 e. The lowest BCUT2D eigenvalue weighted by Gasteiger charge is -2.21. The summed E-state index contributed by atoms with van der Waals surface area (Å²) in [6, 6.07) is 0.295. The Balaban J connectivity index is 2.18. The lowest BCUT2D eigenvalue weighted by atomic mass is 10.0. The summed E-state index contributed by atoms with van der Waals surface area (Å²) < 4.78 is 0. The Bertz CT molecular complexity index is 164. The molecule has 0 aromatic rings. The van der Waals surface area contributed by atoms with Crippen LogP contribution in [0, 0.1) is 0 Å². The first-order chi connectivity index (χ1) is 6.18. The van der Waals surface area contributed by atoms with Gasteiger partial charge in [0.05, 0.1) is 0 Å². The average Bonchev–Trinajstić information content (AvgIpc) is 2.04. The Morgan fingerprint density at radius 3 is 2.46 bits per heavy atom. The fraction of sp³-hybridized carbons (Fsp3) is 0.900. The number of carbonyl (C=O) groups excluding carboxylic acids is 1. The van der Waals surface area contributed by atoms with Gasteiger partial charge >= 0.3 is 0 Å². The quantitative estimate of drug-likeness (QED) is 0.698. The van der Waals surface area contributed by atoms with Crippen LogP contribution in [-0.4, -0.2) is 17.3 Å². The molecule has 0 aromatic carbocycles. The molecule has 0 bridgehead atoms. The molecule has 13 heavy (non-hydrogen) atoms. The maximum atomic E-state index is 11.4. The summed E-state index contributed by atoms with van der Waals surface area (Å²) in [7, 11) is 0.498. The monoisotopic (exact) mass is 201 g/mol. The first kappa shape index (κ1) is 11.0. The van der Waals surface area contributed by atoms with Crippen molar-refractivity contribution in [3.63, 3.8) is 0 Å². The van der Waals surface area contributed by atoms with Gasteiger partial charge in [-0.1, -0.05) is 19.3 Å². The zero-order valence-corrected chi connectivity index (χ0v) is 9.60. The summed E-state index contributed by atoms with van der Waals surface area (Å²) in [5.41, 5.74) is 0.953. The van der Waals surface area contributed by atoms with Crippen LogP contribution in [0.5, 0.6) is 0 Å². The highest BCUT2D eigenvalue weighted by Gasteiger charge is 2.16. The normalized spacial score (nSPS) is 19.9. The molecule has 1 N–H and O–H groups in total. The van der Waals surface area contributed by atoms with Crippen molar-refractivity contribution in [2.45, 2.75) is 57.7 Å². The second kappa shape index (κ2) is 5.59. The van der Waals surface area contributed by atoms with Crippen molar-refractivity contribution < 1.29 is 4.79 Å². The van der Waals surface area contributed by atoms with E-state index in [1.165, 1.54) is 32.1 Å². The standard InChI is InChI=1S/C10H20NOP/c1-8(2)11-10(12)13-9-6-4-3-5-7-9/h8-9,13H,3-7H2,1-2H3,(H,11,12). The van der Waals surface area contributed by atoms with Crippen LogP contribution in [0.25, 0.3) is 0 Å². The lowest BCUT2D eigenvalue weighted by molar-refractivity contribution is 0.258. The molecule has 2 nitrogen and oxygen atoms in total. The molecular formula is C10H20NOP. The first-order valence-corrected chi connectivity index (χ1v) is 6.33. The van der Waals surface area contributed by atoms with E-state index >= 15 is 0 Å². The number of nitrogens with one attached hydrogen (secondary N) is 1. The Morgan fingerprint density at radius 1 is 1.31 bits per heavy atom. The number of amides is 1. The highest BCUT2D eigenvalue weighted by atomic mass is 31.1. The number of hydrogen-bond donors (Lipinski definition) is 1. The molecule has 3 heteroatoms. The molecular weight excluding hydrogens is 181 g/mol. The van der Waals surface area contributed by atoms with Crippen LogP contribution in [0.2, 0.25) is 0 Å². The van der Waals surface area contributed by atoms with Gasteiger partial charge in [-0.25, -0.2) is 0 Å². The Hall–Kier alpha value is -0.100. The first-order valence-electron chi connectivity index (χ1n) is 5.25. The minimum absolute atomic E-state index is 0.266. The van der Waals surface area contributed by atoms with Crippen LogP contribution in [0.4, 0.5) is 4.79 Å². The highest BCUT2D eigenvalue weighted by molar-refractivity contribution is 7.58. The second-order valence-corrected chi connectivity index (χ2v) is 5.67. The maximum absolute atomic E-state index is 11.4. The molecule has 1 aliphatic rings. The van der Waals surface area contributed by atoms with Crippen molar-refractivity contribution >= 4 is 14.2 Å². The fourth-order valence-corrected chi connectivity index (χ4v) is 3.18. The Kier molecular flexibility index (Phi) is 4.72. The molecule has 1 atom stereocenters. The molecule has 0 aromatic heterocycles. The zero-order chi connectivity index (χ0) is 9.68. The van der Waals surface area contributed by atoms with Crippen molar-refractivity contribution in [3.8, 4) is 0 Å². The van der Waals surface area contributed by atoms with E-state index in [2.05, 4.69) is 5.32 Å². The number of hydrogen-bond acceptors (Lipinski definition) is 1. The third-order valence-electron chi connectivity index (χ3n) is 2.36. The van der Waals surface area contributed by atoms with Gasteiger partial charge in [-0.2, -0.15) is 0 Å². The van der Waals surface area contributed by atoms with Gasteiger partial charge in [0.2, 0.25) is 5.65 Å². The molecule has 1 amide bonds. The summed E-state index contributed by atoms with van der Waals surface area (Å²) in [5.74, 6) is 0. The van der Waals surface area contributed by atoms with E-state index in [4.69, 9.17) is 0 Å². The largest absolute Gasteiger partial charge is 0.351 e. The van der Waals surface area contributed by atoms with Crippen molar-refractivity contribution in [2.24, 2.45) is 0 Å². The topological polar surface area (TPSA) is 29.1 Å². The van der Waals surface area contributed by atoms with Crippen molar-refractivity contribution in [2.75, 3.05) is 0 Å². The van der Waals surface area contributed by atoms with Crippen LogP contribution >= 0.6 is 8.58 Å². The summed E-state index contributed by atoms with van der Waals surface area (Å²) in [5, 5.41) is 2.96. The van der Waals surface area contributed by atoms with Crippen molar-refractivity contribution in [1.29, 1.82) is 0 Å². The van der Waals surface area contributed by atoms with Crippen LogP contribution < -0.4 is 5.32 Å². The van der Waals surface area contributed by atoms with Gasteiger partial charge in [0.15, 0.2) is 0 Å². The van der Waals surface area contributed by atoms with Crippen LogP contribution in [-0.2, 0) is 0 Å². The molecule has 0 heterocycles. The molecule has 0 spiro atoms. The summed E-state index contributed by atoms with van der Waals surface area (Å²) >= 11 is 0. The molecule has 1 saturated carbocycles. The minimum atomic E-state index is 0.266. The number of rotatable bonds is 3. The van der Waals surface area contributed by atoms with Gasteiger partial charge in [-0.05, 0) is 40.9 Å². The zero-order valence-electron chi connectivity index (χ0n) is 8.60. The minimum Gasteiger partial charge on any atom is -0.351 e. The van der Waals surface area contributed by atoms with Crippen molar-refractivity contribution in [3.05, 3.63) is 0 Å². The van der Waals surface area contributed by atoms with Gasteiger partial charge in [-0.3, -0.25) is 4.79 Å². The fourth-order valence-electron chi connectivity index (χ4n) is 1.74. The average molecular weight is 201 g/mol. The highest BCUT2D eigenvalue weighted by Crippen LogP contribution is 2.32. The van der Waals surface area contributed by atoms with E-state index in [1.807, 2.05) is 13.8 Å². The second-order valence-electron chi connectivity index (χ2n) is 4.11. The van der Waals surface area contributed by atoms with Crippen molar-refractivity contribution in [1.82, 2.24) is 5.32 Å². The van der Waals surface area contributed by atoms with E-state index in [1.54, 1.807) is 0 Å². The molecule has 0 radical (unpaired) electrons. The summed E-state index contributed by atoms with van der Waals surface area (Å²) in [6.07, 6.45) is 6.56. The third kappa shape index (κ3) is 4.61. The molecule has 0 aliphatic heterocycles. The summed E-state index contributed by atoms with van der Waals surface area (Å²) in [6.45, 7) is 4.03. The van der Waals surface area contributed by atoms with E-state index in [0.717, 1.165) is 0 Å². The van der Waals surface area contributed by atoms with Gasteiger partial charge in [0, 0.05) is 6.04 Å². The summed E-state index contributed by atoms with van der Waals surface area (Å²) in [4.78, 5) is 11.4. The predicted octanol–water partition coefficient (Wildman–Crippen LogP) is 3.12. The Morgan fingerprint density at radius 2 is 1.92 bits per heavy atom. The van der Waals surface area contributed by atoms with Crippen LogP contribution in [0.1, 0.15) is 46.0 Å². The smallest absolute Gasteiger partial charge is 0.238 e. The molecule has 1 rings (SSSR count). The van der Waals surface area contributed by atoms with Gasteiger partial charge in [0.1, 0.15) is 0 Å². The molecule has 76 valence electrons. The third-order valence-corrected chi connectivity index (χ3v) is 3.75. The predicted molar refractivity (Wildman–Crippen MR) is 58.9 cm³/mol. The van der Waals surface area contributed by atoms with E-state index in [-0.39, 0.29) is 5.65 Å². The van der Waals surface area contributed by atoms with E-state index in [9.17, 15) is 4.79 Å². The van der Waals surface area contributed by atoms with Gasteiger partial charge < -0.3 is 5.32 Å². The molecule has 1 unspecified atom stereocenters. The Labute approximate surface area is 82.6 Å². The van der Waals surface area contributed by atoms with Gasteiger partial charge in [-0.15, -0.1) is 0 Å². The SMILES string of the molecule is CC(C)NC(=O)PC1CCCCC1. The molecule has 0 saturated heterocycles. The van der Waals surface area contributed by atoms with Gasteiger partial charge in [0.25, 0.3) is 0 Å².